The van der Waals surface area contributed by atoms with Crippen molar-refractivity contribution < 1.29 is 9.66 Å². The van der Waals surface area contributed by atoms with Gasteiger partial charge in [-0.1, -0.05) is 35.3 Å². The zero-order chi connectivity index (χ0) is 18.3. The molecule has 0 amide bonds. The minimum Gasteiger partial charge on any atom is -0.443 e. The summed E-state index contributed by atoms with van der Waals surface area (Å²) < 4.78 is 7.08. The van der Waals surface area contributed by atoms with E-state index in [9.17, 15) is 15.4 Å². The van der Waals surface area contributed by atoms with Crippen LogP contribution in [0.3, 0.4) is 0 Å². The van der Waals surface area contributed by atoms with Crippen LogP contribution in [0.4, 0.5) is 5.95 Å². The van der Waals surface area contributed by atoms with Gasteiger partial charge in [0.15, 0.2) is 0 Å². The molecule has 2 aromatic rings. The Balaban J connectivity index is 1.93. The predicted molar refractivity (Wildman–Crippen MR) is 89.7 cm³/mol. The Hall–Kier alpha value is -3.67. The molecule has 2 heterocycles. The molecular formula is C17H14N6O3. The third-order valence-corrected chi connectivity index (χ3v) is 4.39. The third kappa shape index (κ3) is 2.57. The molecule has 1 aliphatic heterocycles. The monoisotopic (exact) mass is 350 g/mol. The van der Waals surface area contributed by atoms with Crippen molar-refractivity contribution in [1.82, 2.24) is 14.8 Å². The highest BCUT2D eigenvalue weighted by Gasteiger charge is 2.42. The lowest BCUT2D eigenvalue weighted by Gasteiger charge is -2.27. The Kier molecular flexibility index (Phi) is 3.65. The van der Waals surface area contributed by atoms with Gasteiger partial charge in [0.1, 0.15) is 23.1 Å². The highest BCUT2D eigenvalue weighted by atomic mass is 16.6. The summed E-state index contributed by atoms with van der Waals surface area (Å²) in [5, 5.41) is 24.6. The second kappa shape index (κ2) is 6.00. The van der Waals surface area contributed by atoms with E-state index in [-0.39, 0.29) is 17.4 Å². The molecule has 2 aliphatic rings. The predicted octanol–water partition coefficient (Wildman–Crippen LogP) is 2.27. The summed E-state index contributed by atoms with van der Waals surface area (Å²) in [5.41, 5.74) is 7.63. The molecule has 9 nitrogen and oxygen atoms in total. The summed E-state index contributed by atoms with van der Waals surface area (Å²) >= 11 is 0. The Bertz CT molecular complexity index is 981. The van der Waals surface area contributed by atoms with Crippen molar-refractivity contribution in [3.8, 4) is 6.07 Å². The number of nitro groups is 1. The summed E-state index contributed by atoms with van der Waals surface area (Å²) in [6.07, 6.45) is 3.12. The smallest absolute Gasteiger partial charge is 0.443 e. The average Bonchev–Trinajstić information content (AvgIpc) is 3.38. The number of rotatable bonds is 4. The molecule has 26 heavy (non-hydrogen) atoms. The van der Waals surface area contributed by atoms with Gasteiger partial charge in [0.2, 0.25) is 12.2 Å². The molecule has 1 fully saturated rings. The van der Waals surface area contributed by atoms with Crippen molar-refractivity contribution in [1.29, 1.82) is 5.26 Å². The second-order valence-electron chi connectivity index (χ2n) is 6.11. The van der Waals surface area contributed by atoms with E-state index in [4.69, 9.17) is 10.5 Å². The molecule has 0 radical (unpaired) electrons. The first-order chi connectivity index (χ1) is 12.6. The van der Waals surface area contributed by atoms with E-state index in [0.29, 0.717) is 11.5 Å². The zero-order valence-electron chi connectivity index (χ0n) is 13.6. The molecule has 2 N–H and O–H groups in total. The standard InChI is InChI=1S/C17H14N6O3/c18-8-12-13(10-4-2-1-3-5-10)14(15(11-6-7-11)26-16(12)19)22-9-20-17(21-22)23(24)25/h1-5,9,11,13H,6-7,19H2. The van der Waals surface area contributed by atoms with Gasteiger partial charge >= 0.3 is 5.95 Å². The van der Waals surface area contributed by atoms with Crippen molar-refractivity contribution in [2.45, 2.75) is 18.8 Å². The van der Waals surface area contributed by atoms with E-state index >= 15 is 0 Å². The van der Waals surface area contributed by atoms with Crippen LogP contribution < -0.4 is 5.73 Å². The number of hydrogen-bond donors (Lipinski definition) is 1. The maximum atomic E-state index is 11.0. The van der Waals surface area contributed by atoms with Gasteiger partial charge in [-0.05, 0) is 23.3 Å². The molecule has 4 rings (SSSR count). The van der Waals surface area contributed by atoms with Gasteiger partial charge in [-0.2, -0.15) is 5.26 Å². The van der Waals surface area contributed by atoms with Crippen LogP contribution in [-0.4, -0.2) is 19.7 Å². The van der Waals surface area contributed by atoms with Crippen molar-refractivity contribution >= 4 is 11.6 Å². The Morgan fingerprint density at radius 2 is 2.08 bits per heavy atom. The van der Waals surface area contributed by atoms with E-state index < -0.39 is 16.8 Å². The fourth-order valence-electron chi connectivity index (χ4n) is 3.07. The van der Waals surface area contributed by atoms with Crippen molar-refractivity contribution in [3.05, 3.63) is 69.6 Å². The lowest BCUT2D eigenvalue weighted by atomic mass is 9.86. The van der Waals surface area contributed by atoms with Gasteiger partial charge in [0.25, 0.3) is 0 Å². The fraction of sp³-hybridized carbons (Fsp3) is 0.235. The molecule has 130 valence electrons. The highest BCUT2D eigenvalue weighted by molar-refractivity contribution is 5.67. The van der Waals surface area contributed by atoms with Crippen LogP contribution in [0, 0.1) is 27.4 Å². The third-order valence-electron chi connectivity index (χ3n) is 4.39. The normalized spacial score (nSPS) is 19.9. The number of allylic oxidation sites excluding steroid dienone is 3. The number of benzene rings is 1. The summed E-state index contributed by atoms with van der Waals surface area (Å²) in [6, 6.07) is 11.4. The lowest BCUT2D eigenvalue weighted by molar-refractivity contribution is -0.394. The van der Waals surface area contributed by atoms with Gasteiger partial charge in [-0.15, -0.1) is 4.68 Å². The minimum atomic E-state index is -0.662. The number of nitrogens with zero attached hydrogens (tertiary/aromatic N) is 5. The van der Waals surface area contributed by atoms with Crippen LogP contribution in [0.1, 0.15) is 24.3 Å². The Morgan fingerprint density at radius 3 is 2.65 bits per heavy atom. The van der Waals surface area contributed by atoms with Crippen LogP contribution in [0.15, 0.2) is 53.9 Å². The second-order valence-corrected chi connectivity index (χ2v) is 6.11. The van der Waals surface area contributed by atoms with Crippen LogP contribution in [0.2, 0.25) is 0 Å². The molecule has 9 heteroatoms. The molecule has 1 unspecified atom stereocenters. The van der Waals surface area contributed by atoms with Gasteiger partial charge in [0.05, 0.1) is 5.92 Å². The van der Waals surface area contributed by atoms with Crippen LogP contribution in [0.5, 0.6) is 0 Å². The summed E-state index contributed by atoms with van der Waals surface area (Å²) in [5.74, 6) is -0.248. The quantitative estimate of drug-likeness (QED) is 0.660. The first-order valence-electron chi connectivity index (χ1n) is 8.03. The van der Waals surface area contributed by atoms with E-state index in [0.717, 1.165) is 18.4 Å². The molecule has 0 bridgehead atoms. The summed E-state index contributed by atoms with van der Waals surface area (Å²) in [4.78, 5) is 14.1. The van der Waals surface area contributed by atoms with Crippen LogP contribution in [0.25, 0.3) is 5.70 Å². The zero-order valence-corrected chi connectivity index (χ0v) is 13.6. The molecule has 1 saturated carbocycles. The first-order valence-corrected chi connectivity index (χ1v) is 8.03. The molecule has 0 spiro atoms. The Morgan fingerprint density at radius 1 is 1.35 bits per heavy atom. The largest absolute Gasteiger partial charge is 0.491 e. The van der Waals surface area contributed by atoms with Gasteiger partial charge in [-0.3, -0.25) is 0 Å². The van der Waals surface area contributed by atoms with Crippen LogP contribution >= 0.6 is 0 Å². The molecule has 1 aromatic heterocycles. The summed E-state index contributed by atoms with van der Waals surface area (Å²) in [6.45, 7) is 0. The van der Waals surface area contributed by atoms with Gasteiger partial charge in [0, 0.05) is 11.0 Å². The molecule has 1 atom stereocenters. The topological polar surface area (TPSA) is 133 Å². The average molecular weight is 350 g/mol. The number of aromatic nitrogens is 3. The van der Waals surface area contributed by atoms with Crippen molar-refractivity contribution in [3.63, 3.8) is 0 Å². The maximum absolute atomic E-state index is 11.0. The Labute approximate surface area is 148 Å². The van der Waals surface area contributed by atoms with E-state index in [1.54, 1.807) is 0 Å². The minimum absolute atomic E-state index is 0.0571. The highest BCUT2D eigenvalue weighted by Crippen LogP contribution is 2.48. The van der Waals surface area contributed by atoms with Crippen molar-refractivity contribution in [2.75, 3.05) is 0 Å². The molecular weight excluding hydrogens is 336 g/mol. The van der Waals surface area contributed by atoms with E-state index in [1.807, 2.05) is 30.3 Å². The molecule has 1 aliphatic carbocycles. The van der Waals surface area contributed by atoms with Gasteiger partial charge in [-0.25, -0.2) is 0 Å². The molecule has 1 aromatic carbocycles. The fourth-order valence-corrected chi connectivity index (χ4v) is 3.07. The van der Waals surface area contributed by atoms with Gasteiger partial charge < -0.3 is 20.6 Å². The number of hydrogen-bond acceptors (Lipinski definition) is 7. The maximum Gasteiger partial charge on any atom is 0.491 e. The SMILES string of the molecule is N#CC1=C(N)OC(C2CC2)=C(n2cnc([N+](=O)[O-])n2)C1c1ccccc1. The number of nitriles is 1. The molecule has 0 saturated heterocycles. The van der Waals surface area contributed by atoms with E-state index in [1.165, 1.54) is 11.0 Å². The summed E-state index contributed by atoms with van der Waals surface area (Å²) in [7, 11) is 0. The number of ether oxygens (including phenoxy) is 1. The van der Waals surface area contributed by atoms with Crippen molar-refractivity contribution in [2.24, 2.45) is 11.7 Å². The lowest BCUT2D eigenvalue weighted by Crippen LogP contribution is -2.24. The first kappa shape index (κ1) is 15.8. The number of nitrogens with two attached hydrogens (primary N) is 1. The van der Waals surface area contributed by atoms with E-state index in [2.05, 4.69) is 16.2 Å². The van der Waals surface area contributed by atoms with Crippen LogP contribution in [-0.2, 0) is 4.74 Å².